The van der Waals surface area contributed by atoms with E-state index in [2.05, 4.69) is 18.9 Å². The highest BCUT2D eigenvalue weighted by molar-refractivity contribution is 5.82. The quantitative estimate of drug-likeness (QED) is 0.650. The van der Waals surface area contributed by atoms with Gasteiger partial charge in [0.05, 0.1) is 24.9 Å². The van der Waals surface area contributed by atoms with Crippen molar-refractivity contribution in [2.75, 3.05) is 13.7 Å². The van der Waals surface area contributed by atoms with E-state index in [1.165, 1.54) is 31.2 Å². The Morgan fingerprint density at radius 2 is 1.97 bits per heavy atom. The van der Waals surface area contributed by atoms with Crippen molar-refractivity contribution in [1.82, 2.24) is 9.78 Å². The highest BCUT2D eigenvalue weighted by Crippen LogP contribution is 2.68. The number of carbonyl (C=O) groups is 1. The summed E-state index contributed by atoms with van der Waals surface area (Å²) in [4.78, 5) is 13.5. The molecule has 1 N–H and O–H groups in total. The Kier molecular flexibility index (Phi) is 6.05. The highest BCUT2D eigenvalue weighted by Gasteiger charge is 2.63. The zero-order valence-corrected chi connectivity index (χ0v) is 21.2. The molecule has 0 spiro atoms. The van der Waals surface area contributed by atoms with Gasteiger partial charge in [-0.15, -0.1) is 0 Å². The molecule has 184 valence electrons. The zero-order valence-electron chi connectivity index (χ0n) is 21.2. The smallest absolute Gasteiger partial charge is 0.157 e. The second-order valence-electron chi connectivity index (χ2n) is 12.6. The van der Waals surface area contributed by atoms with Crippen molar-refractivity contribution in [3.05, 3.63) is 18.0 Å². The van der Waals surface area contributed by atoms with Gasteiger partial charge in [0.25, 0.3) is 0 Å². The van der Waals surface area contributed by atoms with Crippen LogP contribution in [0.3, 0.4) is 0 Å². The third-order valence-electron chi connectivity index (χ3n) is 10.9. The predicted octanol–water partition coefficient (Wildman–Crippen LogP) is 5.05. The number of hydrogen-bond acceptors (Lipinski definition) is 4. The maximum Gasteiger partial charge on any atom is 0.157 e. The van der Waals surface area contributed by atoms with Gasteiger partial charge >= 0.3 is 0 Å². The third kappa shape index (κ3) is 3.82. The molecule has 0 aliphatic heterocycles. The number of hydrogen-bond donors (Lipinski definition) is 1. The molecular weight excluding hydrogens is 412 g/mol. The van der Waals surface area contributed by atoms with Crippen LogP contribution in [-0.2, 0) is 22.5 Å². The molecular formula is C28H44N2O3. The number of methoxy groups -OCH3 is 1. The van der Waals surface area contributed by atoms with Crippen molar-refractivity contribution < 1.29 is 14.6 Å². The normalized spacial score (nSPS) is 44.7. The van der Waals surface area contributed by atoms with Crippen LogP contribution in [0.2, 0.25) is 0 Å². The van der Waals surface area contributed by atoms with Gasteiger partial charge in [0.1, 0.15) is 0 Å². The van der Waals surface area contributed by atoms with E-state index >= 15 is 0 Å². The van der Waals surface area contributed by atoms with Crippen LogP contribution in [0.4, 0.5) is 0 Å². The van der Waals surface area contributed by atoms with E-state index in [-0.39, 0.29) is 16.7 Å². The average Bonchev–Trinajstić information content (AvgIpc) is 3.37. The second-order valence-corrected chi connectivity index (χ2v) is 12.6. The van der Waals surface area contributed by atoms with Gasteiger partial charge in [-0.3, -0.25) is 9.48 Å². The maximum absolute atomic E-state index is 13.5. The first kappa shape index (κ1) is 23.5. The molecule has 1 aromatic heterocycles. The highest BCUT2D eigenvalue weighted by atomic mass is 16.5. The maximum atomic E-state index is 13.5. The fraction of sp³-hybridized carbons (Fsp3) is 0.857. The lowest BCUT2D eigenvalue weighted by Crippen LogP contribution is -2.58. The molecule has 33 heavy (non-hydrogen) atoms. The number of rotatable bonds is 6. The number of aliphatic hydroxyl groups is 1. The second kappa shape index (κ2) is 8.48. The van der Waals surface area contributed by atoms with Gasteiger partial charge in [-0.25, -0.2) is 0 Å². The SMILES string of the molecule is CCc1cnn(CC(=O)[C@H]2CC[C@H]3[C@@H]4CC[C@H]5C[C@](C)(O)CC[C@]5(COC)[C@H]4CC[C@]23C)c1. The molecule has 4 aliphatic carbocycles. The number of fused-ring (bicyclic) bond motifs is 5. The van der Waals surface area contributed by atoms with Crippen LogP contribution in [0.5, 0.6) is 0 Å². The molecule has 1 aromatic rings. The molecule has 0 amide bonds. The van der Waals surface area contributed by atoms with Gasteiger partial charge in [-0.2, -0.15) is 5.10 Å². The minimum atomic E-state index is -0.521. The van der Waals surface area contributed by atoms with E-state index in [0.29, 0.717) is 36.0 Å². The summed E-state index contributed by atoms with van der Waals surface area (Å²) in [5.74, 6) is 3.15. The molecule has 4 aliphatic rings. The summed E-state index contributed by atoms with van der Waals surface area (Å²) in [6.07, 6.45) is 14.9. The first-order valence-electron chi connectivity index (χ1n) is 13.5. The lowest BCUT2D eigenvalue weighted by molar-refractivity contribution is -0.175. The van der Waals surface area contributed by atoms with Crippen molar-refractivity contribution in [2.24, 2.45) is 40.4 Å². The Bertz CT molecular complexity index is 878. The van der Waals surface area contributed by atoms with E-state index in [1.807, 2.05) is 31.1 Å². The largest absolute Gasteiger partial charge is 0.390 e. The van der Waals surface area contributed by atoms with Gasteiger partial charge in [0.15, 0.2) is 5.78 Å². The Morgan fingerprint density at radius 3 is 2.70 bits per heavy atom. The number of carbonyl (C=O) groups excluding carboxylic acids is 1. The van der Waals surface area contributed by atoms with Crippen LogP contribution in [0.1, 0.15) is 84.1 Å². The molecule has 4 saturated carbocycles. The molecule has 0 saturated heterocycles. The van der Waals surface area contributed by atoms with Gasteiger partial charge in [-0.05, 0) is 111 Å². The summed E-state index contributed by atoms with van der Waals surface area (Å²) < 4.78 is 7.74. The van der Waals surface area contributed by atoms with Gasteiger partial charge in [0.2, 0.25) is 0 Å². The summed E-state index contributed by atoms with van der Waals surface area (Å²) in [5.41, 5.74) is 1.02. The van der Waals surface area contributed by atoms with Gasteiger partial charge < -0.3 is 9.84 Å². The topological polar surface area (TPSA) is 64.4 Å². The Labute approximate surface area is 199 Å². The van der Waals surface area contributed by atoms with Crippen LogP contribution in [0.15, 0.2) is 12.4 Å². The Balaban J connectivity index is 1.36. The number of aromatic nitrogens is 2. The number of ether oxygens (including phenoxy) is 1. The minimum absolute atomic E-state index is 0.125. The summed E-state index contributed by atoms with van der Waals surface area (Å²) in [6.45, 7) is 7.85. The third-order valence-corrected chi connectivity index (χ3v) is 10.9. The molecule has 4 fully saturated rings. The molecule has 5 nitrogen and oxygen atoms in total. The minimum Gasteiger partial charge on any atom is -0.390 e. The Morgan fingerprint density at radius 1 is 1.15 bits per heavy atom. The van der Waals surface area contributed by atoms with Crippen molar-refractivity contribution >= 4 is 5.78 Å². The fourth-order valence-corrected chi connectivity index (χ4v) is 9.26. The van der Waals surface area contributed by atoms with E-state index < -0.39 is 5.60 Å². The first-order chi connectivity index (χ1) is 15.7. The lowest BCUT2D eigenvalue weighted by Gasteiger charge is -2.62. The van der Waals surface area contributed by atoms with E-state index in [9.17, 15) is 9.90 Å². The van der Waals surface area contributed by atoms with E-state index in [1.54, 1.807) is 0 Å². The summed E-state index contributed by atoms with van der Waals surface area (Å²) in [5, 5.41) is 15.3. The van der Waals surface area contributed by atoms with Crippen LogP contribution in [0.25, 0.3) is 0 Å². The number of Topliss-reactive ketones (excluding diaryl/α,β-unsaturated/α-hetero) is 1. The van der Waals surface area contributed by atoms with Crippen LogP contribution in [0, 0.1) is 40.4 Å². The van der Waals surface area contributed by atoms with Crippen molar-refractivity contribution in [1.29, 1.82) is 0 Å². The van der Waals surface area contributed by atoms with Crippen LogP contribution >= 0.6 is 0 Å². The molecule has 0 aromatic carbocycles. The van der Waals surface area contributed by atoms with Crippen molar-refractivity contribution in [3.63, 3.8) is 0 Å². The number of ketones is 1. The monoisotopic (exact) mass is 456 g/mol. The van der Waals surface area contributed by atoms with Crippen LogP contribution in [-0.4, -0.2) is 40.0 Å². The van der Waals surface area contributed by atoms with E-state index in [0.717, 1.165) is 45.1 Å². The number of nitrogens with zero attached hydrogens (tertiary/aromatic N) is 2. The summed E-state index contributed by atoms with van der Waals surface area (Å²) >= 11 is 0. The fourth-order valence-electron chi connectivity index (χ4n) is 9.26. The van der Waals surface area contributed by atoms with E-state index in [4.69, 9.17) is 4.74 Å². The van der Waals surface area contributed by atoms with Gasteiger partial charge in [0, 0.05) is 19.2 Å². The average molecular weight is 457 g/mol. The molecule has 5 rings (SSSR count). The molecule has 0 radical (unpaired) electrons. The molecule has 1 heterocycles. The van der Waals surface area contributed by atoms with Gasteiger partial charge in [-0.1, -0.05) is 13.8 Å². The van der Waals surface area contributed by atoms with Crippen molar-refractivity contribution in [2.45, 2.75) is 97.1 Å². The van der Waals surface area contributed by atoms with Crippen LogP contribution < -0.4 is 0 Å². The molecule has 8 atom stereocenters. The zero-order chi connectivity index (χ0) is 23.4. The molecule has 0 unspecified atom stereocenters. The summed E-state index contributed by atoms with van der Waals surface area (Å²) in [6, 6.07) is 0. The standard InChI is InChI=1S/C28H44N2O3/c1-5-19-15-29-30(16-19)17-25(31)24-9-8-22-21-7-6-20-14-26(2,32)12-13-28(20,18-33-4)23(21)10-11-27(22,24)3/h15-16,20-24,32H,5-14,17-18H2,1-4H3/t20-,21-,22-,23-,24+,26+,27-,28+/m0/s1. The van der Waals surface area contributed by atoms with Crippen molar-refractivity contribution in [3.8, 4) is 0 Å². The summed E-state index contributed by atoms with van der Waals surface area (Å²) in [7, 11) is 1.86. The molecule has 0 bridgehead atoms. The Hall–Kier alpha value is -1.20. The predicted molar refractivity (Wildman–Crippen MR) is 129 cm³/mol. The lowest BCUT2D eigenvalue weighted by atomic mass is 9.43. The first-order valence-corrected chi connectivity index (χ1v) is 13.5. The molecule has 5 heteroatoms. The number of aryl methyl sites for hydroxylation is 1.